The third-order valence-electron chi connectivity index (χ3n) is 2.31. The number of nitrogens with one attached hydrogen (secondary N) is 1. The number of thiazole rings is 1. The molecular formula is C10H9N5S2. The highest BCUT2D eigenvalue weighted by atomic mass is 32.1. The van der Waals surface area contributed by atoms with Gasteiger partial charge in [0, 0.05) is 11.1 Å². The normalized spacial score (nSPS) is 10.9. The molecular weight excluding hydrogens is 254 g/mol. The van der Waals surface area contributed by atoms with Crippen molar-refractivity contribution in [3.63, 3.8) is 0 Å². The van der Waals surface area contributed by atoms with Gasteiger partial charge in [0.1, 0.15) is 4.83 Å². The molecule has 0 fully saturated rings. The monoisotopic (exact) mass is 263 g/mol. The summed E-state index contributed by atoms with van der Waals surface area (Å²) in [5.74, 6) is 6.82. The van der Waals surface area contributed by atoms with Gasteiger partial charge >= 0.3 is 0 Å². The molecule has 3 aromatic heterocycles. The highest BCUT2D eigenvalue weighted by molar-refractivity contribution is 7.18. The van der Waals surface area contributed by atoms with Crippen LogP contribution in [0.1, 0.15) is 4.88 Å². The van der Waals surface area contributed by atoms with Crippen LogP contribution in [0.15, 0.2) is 17.8 Å². The number of hydrogen-bond donors (Lipinski definition) is 2. The molecule has 0 atom stereocenters. The minimum absolute atomic E-state index is 0.655. The van der Waals surface area contributed by atoms with Crippen LogP contribution in [0.4, 0.5) is 5.82 Å². The molecule has 3 heterocycles. The van der Waals surface area contributed by atoms with Gasteiger partial charge in [-0.05, 0) is 13.0 Å². The van der Waals surface area contributed by atoms with Crippen molar-refractivity contribution in [2.45, 2.75) is 6.92 Å². The SMILES string of the molecule is Cc1cc2c(NN)nc(-c3cncs3)nc2s1. The Morgan fingerprint density at radius 1 is 1.35 bits per heavy atom. The van der Waals surface area contributed by atoms with Crippen LogP contribution in [-0.4, -0.2) is 15.0 Å². The van der Waals surface area contributed by atoms with E-state index >= 15 is 0 Å². The lowest BCUT2D eigenvalue weighted by Gasteiger charge is -2.02. The van der Waals surface area contributed by atoms with Gasteiger partial charge in [0.25, 0.3) is 0 Å². The van der Waals surface area contributed by atoms with Gasteiger partial charge in [-0.25, -0.2) is 15.8 Å². The molecule has 3 rings (SSSR count). The first-order valence-corrected chi connectivity index (χ1v) is 6.61. The highest BCUT2D eigenvalue weighted by Gasteiger charge is 2.11. The van der Waals surface area contributed by atoms with E-state index in [4.69, 9.17) is 5.84 Å². The average molecular weight is 263 g/mol. The van der Waals surface area contributed by atoms with Crippen molar-refractivity contribution < 1.29 is 0 Å². The number of thiophene rings is 1. The molecule has 0 radical (unpaired) electrons. The zero-order chi connectivity index (χ0) is 11.8. The Morgan fingerprint density at radius 3 is 2.94 bits per heavy atom. The Morgan fingerprint density at radius 2 is 2.24 bits per heavy atom. The first kappa shape index (κ1) is 10.6. The van der Waals surface area contributed by atoms with Crippen LogP contribution in [0, 0.1) is 6.92 Å². The largest absolute Gasteiger partial charge is 0.308 e. The van der Waals surface area contributed by atoms with Gasteiger partial charge in [-0.3, -0.25) is 4.98 Å². The van der Waals surface area contributed by atoms with Gasteiger partial charge in [-0.1, -0.05) is 0 Å². The fourth-order valence-corrected chi connectivity index (χ4v) is 3.02. The second-order valence-electron chi connectivity index (χ2n) is 3.48. The summed E-state index contributed by atoms with van der Waals surface area (Å²) in [4.78, 5) is 16.0. The summed E-state index contributed by atoms with van der Waals surface area (Å²) in [7, 11) is 0. The summed E-state index contributed by atoms with van der Waals surface area (Å²) in [6.07, 6.45) is 1.76. The number of nitrogen functional groups attached to an aromatic ring is 1. The Bertz CT molecular complexity index is 659. The van der Waals surface area contributed by atoms with E-state index in [0.717, 1.165) is 15.1 Å². The van der Waals surface area contributed by atoms with Crippen molar-refractivity contribution in [3.8, 4) is 10.7 Å². The number of aromatic nitrogens is 3. The van der Waals surface area contributed by atoms with Crippen LogP contribution in [0.5, 0.6) is 0 Å². The number of hydrazine groups is 1. The van der Waals surface area contributed by atoms with Crippen LogP contribution in [0.2, 0.25) is 0 Å². The predicted molar refractivity (Wildman–Crippen MR) is 71.1 cm³/mol. The van der Waals surface area contributed by atoms with Gasteiger partial charge in [-0.2, -0.15) is 0 Å². The fourth-order valence-electron chi connectivity index (χ4n) is 1.59. The van der Waals surface area contributed by atoms with Gasteiger partial charge in [0.05, 0.1) is 15.8 Å². The maximum absolute atomic E-state index is 5.50. The van der Waals surface area contributed by atoms with Crippen LogP contribution in [0.25, 0.3) is 20.9 Å². The minimum Gasteiger partial charge on any atom is -0.308 e. The quantitative estimate of drug-likeness (QED) is 0.548. The molecule has 5 nitrogen and oxygen atoms in total. The lowest BCUT2D eigenvalue weighted by molar-refractivity contribution is 1.20. The molecule has 0 saturated heterocycles. The van der Waals surface area contributed by atoms with Gasteiger partial charge < -0.3 is 5.43 Å². The molecule has 3 aromatic rings. The van der Waals surface area contributed by atoms with E-state index in [1.54, 1.807) is 23.0 Å². The second kappa shape index (κ2) is 4.02. The third kappa shape index (κ3) is 1.78. The number of fused-ring (bicyclic) bond motifs is 1. The second-order valence-corrected chi connectivity index (χ2v) is 5.60. The number of nitrogens with zero attached hydrogens (tertiary/aromatic N) is 3. The van der Waals surface area contributed by atoms with Gasteiger partial charge in [-0.15, -0.1) is 22.7 Å². The molecule has 86 valence electrons. The van der Waals surface area contributed by atoms with E-state index in [9.17, 15) is 0 Å². The Kier molecular flexibility index (Phi) is 2.50. The average Bonchev–Trinajstić information content (AvgIpc) is 2.94. The molecule has 3 N–H and O–H groups in total. The number of rotatable bonds is 2. The Hall–Kier alpha value is -1.57. The van der Waals surface area contributed by atoms with E-state index in [1.807, 2.05) is 13.0 Å². The van der Waals surface area contributed by atoms with Gasteiger partial charge in [0.2, 0.25) is 0 Å². The summed E-state index contributed by atoms with van der Waals surface area (Å²) in [5, 5.41) is 0.961. The van der Waals surface area contributed by atoms with Crippen LogP contribution in [-0.2, 0) is 0 Å². The number of hydrogen-bond acceptors (Lipinski definition) is 7. The van der Waals surface area contributed by atoms with Gasteiger partial charge in [0.15, 0.2) is 11.6 Å². The van der Waals surface area contributed by atoms with E-state index in [-0.39, 0.29) is 0 Å². The lowest BCUT2D eigenvalue weighted by atomic mass is 10.3. The van der Waals surface area contributed by atoms with Crippen LogP contribution < -0.4 is 11.3 Å². The summed E-state index contributed by atoms with van der Waals surface area (Å²) in [5.41, 5.74) is 4.39. The summed E-state index contributed by atoms with van der Waals surface area (Å²) in [6.45, 7) is 2.04. The molecule has 0 aliphatic heterocycles. The predicted octanol–water partition coefficient (Wildman–Crippen LogP) is 2.41. The molecule has 7 heteroatoms. The first-order chi connectivity index (χ1) is 8.28. The lowest BCUT2D eigenvalue weighted by Crippen LogP contribution is -2.09. The third-order valence-corrected chi connectivity index (χ3v) is 4.02. The van der Waals surface area contributed by atoms with Crippen molar-refractivity contribution in [2.24, 2.45) is 5.84 Å². The fraction of sp³-hybridized carbons (Fsp3) is 0.100. The smallest absolute Gasteiger partial charge is 0.174 e. The van der Waals surface area contributed by atoms with Crippen molar-refractivity contribution in [1.82, 2.24) is 15.0 Å². The van der Waals surface area contributed by atoms with E-state index in [0.29, 0.717) is 11.6 Å². The number of anilines is 1. The van der Waals surface area contributed by atoms with Crippen molar-refractivity contribution >= 4 is 38.7 Å². The summed E-state index contributed by atoms with van der Waals surface area (Å²) in [6, 6.07) is 2.03. The number of aryl methyl sites for hydroxylation is 1. The Balaban J connectivity index is 2.28. The molecule has 0 spiro atoms. The molecule has 0 unspecified atom stereocenters. The minimum atomic E-state index is 0.655. The van der Waals surface area contributed by atoms with Crippen LogP contribution >= 0.6 is 22.7 Å². The maximum atomic E-state index is 5.50. The molecule has 0 bridgehead atoms. The van der Waals surface area contributed by atoms with Crippen molar-refractivity contribution in [3.05, 3.63) is 22.7 Å². The molecule has 0 aliphatic carbocycles. The maximum Gasteiger partial charge on any atom is 0.174 e. The van der Waals surface area contributed by atoms with E-state index in [1.165, 1.54) is 16.2 Å². The highest BCUT2D eigenvalue weighted by Crippen LogP contribution is 2.31. The number of nitrogens with two attached hydrogens (primary N) is 1. The van der Waals surface area contributed by atoms with E-state index in [2.05, 4.69) is 20.4 Å². The van der Waals surface area contributed by atoms with Crippen molar-refractivity contribution in [1.29, 1.82) is 0 Å². The molecule has 0 aliphatic rings. The zero-order valence-corrected chi connectivity index (χ0v) is 10.6. The molecule has 0 amide bonds. The molecule has 0 saturated carbocycles. The summed E-state index contributed by atoms with van der Waals surface area (Å²) < 4.78 is 0. The first-order valence-electron chi connectivity index (χ1n) is 4.91. The summed E-state index contributed by atoms with van der Waals surface area (Å²) >= 11 is 3.14. The topological polar surface area (TPSA) is 76.7 Å². The standard InChI is InChI=1S/C10H9N5S2/c1-5-2-6-8(15-11)13-9(14-10(6)17-5)7-3-12-4-16-7/h2-4H,11H2,1H3,(H,13,14,15). The Labute approximate surface area is 105 Å². The molecule has 0 aromatic carbocycles. The van der Waals surface area contributed by atoms with Crippen LogP contribution in [0.3, 0.4) is 0 Å². The van der Waals surface area contributed by atoms with Crippen molar-refractivity contribution in [2.75, 3.05) is 5.43 Å². The molecule has 17 heavy (non-hydrogen) atoms. The van der Waals surface area contributed by atoms with E-state index < -0.39 is 0 Å². The zero-order valence-electron chi connectivity index (χ0n) is 8.97.